The Morgan fingerprint density at radius 1 is 1.36 bits per heavy atom. The van der Waals surface area contributed by atoms with Crippen molar-refractivity contribution in [3.63, 3.8) is 0 Å². The van der Waals surface area contributed by atoms with E-state index in [9.17, 15) is 4.79 Å². The smallest absolute Gasteiger partial charge is 0.249 e. The van der Waals surface area contributed by atoms with Gasteiger partial charge in [0, 0.05) is 12.6 Å². The second kappa shape index (κ2) is 5.61. The van der Waals surface area contributed by atoms with Crippen LogP contribution in [0.3, 0.4) is 0 Å². The first-order valence-corrected chi connectivity index (χ1v) is 6.91. The predicted molar refractivity (Wildman–Crippen MR) is 83.9 cm³/mol. The highest BCUT2D eigenvalue weighted by atomic mass is 35.5. The van der Waals surface area contributed by atoms with E-state index in [2.05, 4.69) is 20.3 Å². The van der Waals surface area contributed by atoms with Crippen molar-refractivity contribution in [1.82, 2.24) is 19.5 Å². The number of carbonyl (C=O) groups is 1. The zero-order valence-electron chi connectivity index (χ0n) is 11.7. The summed E-state index contributed by atoms with van der Waals surface area (Å²) in [7, 11) is 1.74. The molecule has 0 atom stereocenters. The summed E-state index contributed by atoms with van der Waals surface area (Å²) in [4.78, 5) is 24.1. The second-order valence-electron chi connectivity index (χ2n) is 4.66. The summed E-state index contributed by atoms with van der Waals surface area (Å²) in [6.07, 6.45) is 1.63. The zero-order chi connectivity index (χ0) is 15.7. The van der Waals surface area contributed by atoms with Crippen LogP contribution in [-0.2, 0) is 6.54 Å². The maximum atomic E-state index is 11.5. The first-order valence-electron chi connectivity index (χ1n) is 6.54. The molecule has 0 saturated carbocycles. The molecule has 1 aromatic carbocycles. The summed E-state index contributed by atoms with van der Waals surface area (Å²) in [5.74, 6) is 0.0838. The molecule has 0 radical (unpaired) electrons. The van der Waals surface area contributed by atoms with E-state index in [1.165, 1.54) is 0 Å². The lowest BCUT2D eigenvalue weighted by Gasteiger charge is -2.08. The quantitative estimate of drug-likeness (QED) is 0.713. The van der Waals surface area contributed by atoms with E-state index in [0.717, 1.165) is 5.56 Å². The number of hydrogen-bond acceptors (Lipinski definition) is 5. The number of halogens is 1. The third-order valence-corrected chi connectivity index (χ3v) is 3.47. The fourth-order valence-corrected chi connectivity index (χ4v) is 2.45. The van der Waals surface area contributed by atoms with Crippen LogP contribution < -0.4 is 11.1 Å². The maximum absolute atomic E-state index is 11.5. The molecule has 8 heteroatoms. The van der Waals surface area contributed by atoms with Gasteiger partial charge >= 0.3 is 0 Å². The van der Waals surface area contributed by atoms with Crippen molar-refractivity contribution in [3.05, 3.63) is 47.0 Å². The average Bonchev–Trinajstić information content (AvgIpc) is 2.89. The molecule has 0 bridgehead atoms. The fourth-order valence-electron chi connectivity index (χ4n) is 2.29. The topological polar surface area (TPSA) is 98.7 Å². The lowest BCUT2D eigenvalue weighted by molar-refractivity contribution is 0.0999. The standard InChI is InChI=1S/C14H13ClN6O/c1-17-12-10-13(20-14(15)19-12)21(7-18-10)6-8-4-2-3-5-9(8)11(16)22/h2-5,7H,6H2,1H3,(H2,16,22)(H,17,19,20). The molecule has 3 rings (SSSR count). The van der Waals surface area contributed by atoms with Crippen LogP contribution >= 0.6 is 11.6 Å². The van der Waals surface area contributed by atoms with Crippen LogP contribution in [-0.4, -0.2) is 32.5 Å². The van der Waals surface area contributed by atoms with Crippen LogP contribution in [0.15, 0.2) is 30.6 Å². The van der Waals surface area contributed by atoms with Crippen LogP contribution in [0.5, 0.6) is 0 Å². The summed E-state index contributed by atoms with van der Waals surface area (Å²) in [5, 5.41) is 3.06. The number of nitrogens with zero attached hydrogens (tertiary/aromatic N) is 4. The highest BCUT2D eigenvalue weighted by molar-refractivity contribution is 6.28. The van der Waals surface area contributed by atoms with Gasteiger partial charge in [-0.05, 0) is 23.2 Å². The maximum Gasteiger partial charge on any atom is 0.249 e. The number of imidazole rings is 1. The number of benzene rings is 1. The highest BCUT2D eigenvalue weighted by Crippen LogP contribution is 2.21. The summed E-state index contributed by atoms with van der Waals surface area (Å²) < 4.78 is 1.80. The Morgan fingerprint density at radius 2 is 2.14 bits per heavy atom. The minimum absolute atomic E-state index is 0.127. The van der Waals surface area contributed by atoms with Gasteiger partial charge in [0.2, 0.25) is 11.2 Å². The number of amides is 1. The molecule has 0 aliphatic heterocycles. The molecule has 7 nitrogen and oxygen atoms in total. The first kappa shape index (κ1) is 14.3. The monoisotopic (exact) mass is 316 g/mol. The molecule has 2 aromatic heterocycles. The van der Waals surface area contributed by atoms with Crippen molar-refractivity contribution in [2.24, 2.45) is 5.73 Å². The Labute approximate surface area is 131 Å². The van der Waals surface area contributed by atoms with Crippen LogP contribution in [0.25, 0.3) is 11.2 Å². The molecule has 0 aliphatic rings. The number of nitrogens with one attached hydrogen (secondary N) is 1. The molecule has 112 valence electrons. The van der Waals surface area contributed by atoms with Gasteiger partial charge in [0.25, 0.3) is 0 Å². The minimum Gasteiger partial charge on any atom is -0.371 e. The summed E-state index contributed by atoms with van der Waals surface area (Å²) in [6.45, 7) is 0.409. The van der Waals surface area contributed by atoms with E-state index >= 15 is 0 Å². The van der Waals surface area contributed by atoms with E-state index in [-0.39, 0.29) is 5.28 Å². The van der Waals surface area contributed by atoms with Crippen LogP contribution in [0, 0.1) is 0 Å². The average molecular weight is 317 g/mol. The number of aromatic nitrogens is 4. The summed E-state index contributed by atoms with van der Waals surface area (Å²) in [6, 6.07) is 7.15. The first-order chi connectivity index (χ1) is 10.6. The Bertz CT molecular complexity index is 860. The molecule has 3 aromatic rings. The van der Waals surface area contributed by atoms with E-state index < -0.39 is 5.91 Å². The van der Waals surface area contributed by atoms with Gasteiger partial charge < -0.3 is 15.6 Å². The highest BCUT2D eigenvalue weighted by Gasteiger charge is 2.14. The zero-order valence-corrected chi connectivity index (χ0v) is 12.5. The minimum atomic E-state index is -0.469. The molecule has 2 heterocycles. The van der Waals surface area contributed by atoms with Crippen molar-refractivity contribution in [2.45, 2.75) is 6.54 Å². The van der Waals surface area contributed by atoms with Gasteiger partial charge in [-0.2, -0.15) is 9.97 Å². The number of anilines is 1. The molecular weight excluding hydrogens is 304 g/mol. The number of hydrogen-bond donors (Lipinski definition) is 2. The molecule has 0 spiro atoms. The number of nitrogens with two attached hydrogens (primary N) is 1. The van der Waals surface area contributed by atoms with Crippen molar-refractivity contribution in [3.8, 4) is 0 Å². The van der Waals surface area contributed by atoms with Crippen molar-refractivity contribution < 1.29 is 4.79 Å². The number of primary amides is 1. The van der Waals surface area contributed by atoms with Gasteiger partial charge in [0.05, 0.1) is 12.9 Å². The summed E-state index contributed by atoms with van der Waals surface area (Å²) in [5.41, 5.74) is 7.86. The van der Waals surface area contributed by atoms with Gasteiger partial charge in [-0.15, -0.1) is 0 Å². The largest absolute Gasteiger partial charge is 0.371 e. The third-order valence-electron chi connectivity index (χ3n) is 3.30. The number of fused-ring (bicyclic) bond motifs is 1. The van der Waals surface area contributed by atoms with Crippen LogP contribution in [0.1, 0.15) is 15.9 Å². The summed E-state index contributed by atoms with van der Waals surface area (Å²) >= 11 is 5.94. The van der Waals surface area contributed by atoms with Gasteiger partial charge in [-0.3, -0.25) is 4.79 Å². The van der Waals surface area contributed by atoms with E-state index in [4.69, 9.17) is 17.3 Å². The third kappa shape index (κ3) is 2.46. The van der Waals surface area contributed by atoms with Crippen LogP contribution in [0.4, 0.5) is 5.82 Å². The SMILES string of the molecule is CNc1nc(Cl)nc2c1ncn2Cc1ccccc1C(N)=O. The molecule has 1 amide bonds. The molecule has 3 N–H and O–H groups in total. The number of carbonyl (C=O) groups excluding carboxylic acids is 1. The molecular formula is C14H13ClN6O. The Morgan fingerprint density at radius 3 is 2.86 bits per heavy atom. The molecule has 22 heavy (non-hydrogen) atoms. The molecule has 0 saturated heterocycles. The van der Waals surface area contributed by atoms with Gasteiger partial charge in [0.15, 0.2) is 17.0 Å². The van der Waals surface area contributed by atoms with Gasteiger partial charge in [-0.25, -0.2) is 4.98 Å². The van der Waals surface area contributed by atoms with E-state index in [0.29, 0.717) is 29.1 Å². The van der Waals surface area contributed by atoms with Crippen molar-refractivity contribution in [1.29, 1.82) is 0 Å². The lowest BCUT2D eigenvalue weighted by atomic mass is 10.1. The molecule has 0 fully saturated rings. The van der Waals surface area contributed by atoms with E-state index in [1.54, 1.807) is 30.1 Å². The van der Waals surface area contributed by atoms with Gasteiger partial charge in [0.1, 0.15) is 0 Å². The molecule has 0 aliphatic carbocycles. The normalized spacial score (nSPS) is 10.8. The Kier molecular flexibility index (Phi) is 3.64. The van der Waals surface area contributed by atoms with Crippen LogP contribution in [0.2, 0.25) is 5.28 Å². The second-order valence-corrected chi connectivity index (χ2v) is 5.00. The predicted octanol–water partition coefficient (Wildman–Crippen LogP) is 1.67. The van der Waals surface area contributed by atoms with E-state index in [1.807, 2.05) is 12.1 Å². The lowest BCUT2D eigenvalue weighted by Crippen LogP contribution is -2.15. The molecule has 0 unspecified atom stereocenters. The fraction of sp³-hybridized carbons (Fsp3) is 0.143. The Hall–Kier alpha value is -2.67. The van der Waals surface area contributed by atoms with Crippen molar-refractivity contribution >= 4 is 34.5 Å². The Balaban J connectivity index is 2.09. The number of rotatable bonds is 4. The van der Waals surface area contributed by atoms with Crippen molar-refractivity contribution in [2.75, 3.05) is 12.4 Å². The van der Waals surface area contributed by atoms with Gasteiger partial charge in [-0.1, -0.05) is 18.2 Å².